The van der Waals surface area contributed by atoms with Crippen molar-refractivity contribution in [3.05, 3.63) is 71.4 Å². The summed E-state index contributed by atoms with van der Waals surface area (Å²) in [6.07, 6.45) is 1.69. The second kappa shape index (κ2) is 7.51. The number of hydrogen-bond acceptors (Lipinski definition) is 6. The Morgan fingerprint density at radius 3 is 2.81 bits per heavy atom. The van der Waals surface area contributed by atoms with Gasteiger partial charge in [-0.1, -0.05) is 35.6 Å². The third kappa shape index (κ3) is 3.78. The highest BCUT2D eigenvalue weighted by Crippen LogP contribution is 2.28. The summed E-state index contributed by atoms with van der Waals surface area (Å²) in [6.45, 7) is 0.380. The number of furan rings is 1. The summed E-state index contributed by atoms with van der Waals surface area (Å²) in [6, 6.07) is 14.7. The van der Waals surface area contributed by atoms with E-state index in [-0.39, 0.29) is 11.7 Å². The molecule has 2 heterocycles. The average Bonchev–Trinajstić information content (AvgIpc) is 3.36. The van der Waals surface area contributed by atoms with Crippen LogP contribution in [0.1, 0.15) is 16.1 Å². The maximum Gasteiger partial charge on any atom is 0.287 e. The molecule has 1 amide bonds. The Hall–Kier alpha value is -3.32. The maximum absolute atomic E-state index is 12.4. The molecular weight excluding hydrogens is 364 g/mol. The van der Waals surface area contributed by atoms with Gasteiger partial charge in [0.15, 0.2) is 17.1 Å². The Morgan fingerprint density at radius 1 is 1.22 bits per heavy atom. The molecule has 2 aromatic carbocycles. The highest BCUT2D eigenvalue weighted by Gasteiger charge is 2.14. The first kappa shape index (κ1) is 17.1. The molecule has 2 aromatic heterocycles. The van der Waals surface area contributed by atoms with E-state index in [1.54, 1.807) is 25.4 Å². The Balaban J connectivity index is 1.40. The average molecular weight is 380 g/mol. The molecule has 0 unspecified atom stereocenters. The first-order valence-electron chi connectivity index (χ1n) is 8.24. The molecule has 4 aromatic rings. The zero-order chi connectivity index (χ0) is 18.6. The number of nitrogens with one attached hydrogen (secondary N) is 1. The number of rotatable bonds is 6. The summed E-state index contributed by atoms with van der Waals surface area (Å²) in [5.74, 6) is 1.27. The van der Waals surface area contributed by atoms with Gasteiger partial charge in [-0.25, -0.2) is 4.98 Å². The van der Waals surface area contributed by atoms with E-state index in [9.17, 15) is 4.79 Å². The summed E-state index contributed by atoms with van der Waals surface area (Å²) in [5.41, 5.74) is 1.51. The summed E-state index contributed by atoms with van der Waals surface area (Å²) in [7, 11) is 1.57. The molecule has 1 N–H and O–H groups in total. The second-order valence-corrected chi connectivity index (χ2v) is 6.57. The standard InChI is InChI=1S/C20H16N2O4S/c1-24-16-4-2-3-14-11-17(26-18(14)16)19(23)22-12-13-5-7-15(8-6-13)25-20-21-9-10-27-20/h2-11H,12H2,1H3,(H,22,23). The zero-order valence-electron chi connectivity index (χ0n) is 14.5. The summed E-state index contributed by atoms with van der Waals surface area (Å²) >= 11 is 1.43. The third-order valence-corrected chi connectivity index (χ3v) is 4.59. The minimum absolute atomic E-state index is 0.248. The van der Waals surface area contributed by atoms with Gasteiger partial charge >= 0.3 is 0 Å². The van der Waals surface area contributed by atoms with Crippen molar-refractivity contribution in [2.45, 2.75) is 6.54 Å². The number of ether oxygens (including phenoxy) is 2. The first-order valence-corrected chi connectivity index (χ1v) is 9.12. The van der Waals surface area contributed by atoms with Gasteiger partial charge in [-0.05, 0) is 29.8 Å². The molecule has 136 valence electrons. The fourth-order valence-corrected chi connectivity index (χ4v) is 3.12. The van der Waals surface area contributed by atoms with Crippen molar-refractivity contribution in [2.75, 3.05) is 7.11 Å². The highest BCUT2D eigenvalue weighted by atomic mass is 32.1. The molecule has 7 heteroatoms. The van der Waals surface area contributed by atoms with Crippen LogP contribution in [0.25, 0.3) is 11.0 Å². The summed E-state index contributed by atoms with van der Waals surface area (Å²) in [4.78, 5) is 16.5. The number of methoxy groups -OCH3 is 1. The third-order valence-electron chi connectivity index (χ3n) is 3.94. The highest BCUT2D eigenvalue weighted by molar-refractivity contribution is 7.11. The van der Waals surface area contributed by atoms with Crippen molar-refractivity contribution >= 4 is 28.2 Å². The molecule has 0 fully saturated rings. The zero-order valence-corrected chi connectivity index (χ0v) is 15.3. The van der Waals surface area contributed by atoms with E-state index in [1.807, 2.05) is 41.8 Å². The smallest absolute Gasteiger partial charge is 0.287 e. The van der Waals surface area contributed by atoms with Gasteiger partial charge in [0, 0.05) is 23.5 Å². The van der Waals surface area contributed by atoms with Gasteiger partial charge in [-0.15, -0.1) is 0 Å². The van der Waals surface area contributed by atoms with E-state index < -0.39 is 0 Å². The number of benzene rings is 2. The van der Waals surface area contributed by atoms with Gasteiger partial charge in [0.2, 0.25) is 0 Å². The van der Waals surface area contributed by atoms with Crippen molar-refractivity contribution < 1.29 is 18.7 Å². The number of nitrogens with zero attached hydrogens (tertiary/aromatic N) is 1. The normalized spacial score (nSPS) is 10.7. The fourth-order valence-electron chi connectivity index (χ4n) is 2.62. The van der Waals surface area contributed by atoms with Crippen LogP contribution in [0.15, 0.2) is 64.5 Å². The molecule has 0 saturated heterocycles. The van der Waals surface area contributed by atoms with E-state index >= 15 is 0 Å². The van der Waals surface area contributed by atoms with Crippen LogP contribution in [0.5, 0.6) is 16.7 Å². The van der Waals surface area contributed by atoms with Crippen LogP contribution in [0.3, 0.4) is 0 Å². The Morgan fingerprint density at radius 2 is 2.07 bits per heavy atom. The van der Waals surface area contributed by atoms with E-state index in [0.717, 1.165) is 10.9 Å². The lowest BCUT2D eigenvalue weighted by Gasteiger charge is -2.05. The van der Waals surface area contributed by atoms with E-state index in [0.29, 0.717) is 28.8 Å². The molecule has 0 spiro atoms. The summed E-state index contributed by atoms with van der Waals surface area (Å²) in [5, 5.41) is 6.12. The number of carbonyl (C=O) groups excluding carboxylic acids is 1. The molecule has 0 aliphatic carbocycles. The number of thiazole rings is 1. The number of para-hydroxylation sites is 1. The monoisotopic (exact) mass is 380 g/mol. The van der Waals surface area contributed by atoms with Gasteiger partial charge in [-0.3, -0.25) is 4.79 Å². The molecule has 0 aliphatic rings. The first-order chi connectivity index (χ1) is 13.2. The lowest BCUT2D eigenvalue weighted by molar-refractivity contribution is 0.0925. The Bertz CT molecular complexity index is 1060. The summed E-state index contributed by atoms with van der Waals surface area (Å²) < 4.78 is 16.5. The molecule has 4 rings (SSSR count). The molecule has 0 bridgehead atoms. The van der Waals surface area contributed by atoms with Crippen LogP contribution < -0.4 is 14.8 Å². The molecule has 27 heavy (non-hydrogen) atoms. The lowest BCUT2D eigenvalue weighted by atomic mass is 10.2. The quantitative estimate of drug-likeness (QED) is 0.528. The largest absolute Gasteiger partial charge is 0.493 e. The van der Waals surface area contributed by atoms with Crippen molar-refractivity contribution in [3.8, 4) is 16.7 Å². The van der Waals surface area contributed by atoms with Crippen LogP contribution in [0, 0.1) is 0 Å². The molecule has 0 aliphatic heterocycles. The number of fused-ring (bicyclic) bond motifs is 1. The van der Waals surface area contributed by atoms with Crippen LogP contribution in [0.2, 0.25) is 0 Å². The number of aromatic nitrogens is 1. The fraction of sp³-hybridized carbons (Fsp3) is 0.100. The number of hydrogen-bond donors (Lipinski definition) is 1. The van der Waals surface area contributed by atoms with Crippen LogP contribution in [-0.2, 0) is 6.54 Å². The molecule has 6 nitrogen and oxygen atoms in total. The molecular formula is C20H16N2O4S. The Labute approximate surface area is 159 Å². The Kier molecular flexibility index (Phi) is 4.76. The van der Waals surface area contributed by atoms with E-state index in [2.05, 4.69) is 10.3 Å². The lowest BCUT2D eigenvalue weighted by Crippen LogP contribution is -2.22. The van der Waals surface area contributed by atoms with Crippen molar-refractivity contribution in [2.24, 2.45) is 0 Å². The van der Waals surface area contributed by atoms with E-state index in [1.165, 1.54) is 11.3 Å². The number of carbonyl (C=O) groups is 1. The van der Waals surface area contributed by atoms with Crippen molar-refractivity contribution in [1.82, 2.24) is 10.3 Å². The van der Waals surface area contributed by atoms with Crippen LogP contribution in [0.4, 0.5) is 0 Å². The SMILES string of the molecule is COc1cccc2cc(C(=O)NCc3ccc(Oc4nccs4)cc3)oc12. The van der Waals surface area contributed by atoms with Gasteiger partial charge in [0.05, 0.1) is 7.11 Å². The maximum atomic E-state index is 12.4. The minimum atomic E-state index is -0.281. The van der Waals surface area contributed by atoms with Gasteiger partial charge < -0.3 is 19.2 Å². The predicted molar refractivity (Wildman–Crippen MR) is 103 cm³/mol. The van der Waals surface area contributed by atoms with Crippen LogP contribution in [-0.4, -0.2) is 18.0 Å². The molecule has 0 saturated carbocycles. The van der Waals surface area contributed by atoms with Crippen LogP contribution >= 0.6 is 11.3 Å². The van der Waals surface area contributed by atoms with Gasteiger partial charge in [0.25, 0.3) is 11.1 Å². The van der Waals surface area contributed by atoms with Crippen molar-refractivity contribution in [3.63, 3.8) is 0 Å². The minimum Gasteiger partial charge on any atom is -0.493 e. The van der Waals surface area contributed by atoms with Crippen molar-refractivity contribution in [1.29, 1.82) is 0 Å². The van der Waals surface area contributed by atoms with E-state index in [4.69, 9.17) is 13.9 Å². The predicted octanol–water partition coefficient (Wildman–Crippen LogP) is 4.62. The molecule has 0 atom stereocenters. The van der Waals surface area contributed by atoms with Gasteiger partial charge in [-0.2, -0.15) is 0 Å². The molecule has 0 radical (unpaired) electrons. The second-order valence-electron chi connectivity index (χ2n) is 5.72. The van der Waals surface area contributed by atoms with Gasteiger partial charge in [0.1, 0.15) is 5.75 Å². The number of amides is 1. The topological polar surface area (TPSA) is 73.6 Å².